The number of rotatable bonds is 3. The van der Waals surface area contributed by atoms with E-state index in [1.54, 1.807) is 17.0 Å². The average molecular weight is 352 g/mol. The van der Waals surface area contributed by atoms with E-state index >= 15 is 0 Å². The van der Waals surface area contributed by atoms with Gasteiger partial charge in [-0.15, -0.1) is 0 Å². The second-order valence-electron chi connectivity index (χ2n) is 6.25. The van der Waals surface area contributed by atoms with Crippen molar-refractivity contribution in [2.75, 3.05) is 24.5 Å². The maximum absolute atomic E-state index is 12.8. The van der Waals surface area contributed by atoms with Crippen molar-refractivity contribution in [3.63, 3.8) is 0 Å². The average Bonchev–Trinajstić information content (AvgIpc) is 2.98. The Balaban J connectivity index is 1.88. The highest BCUT2D eigenvalue weighted by molar-refractivity contribution is 7.89. The summed E-state index contributed by atoms with van der Waals surface area (Å²) in [4.78, 5) is 24.5. The van der Waals surface area contributed by atoms with Crippen molar-refractivity contribution in [3.8, 4) is 0 Å². The second kappa shape index (κ2) is 6.18. The molecule has 0 spiro atoms. The monoisotopic (exact) mass is 352 g/mol. The number of nitrogens with zero attached hydrogens (tertiary/aromatic N) is 2. The summed E-state index contributed by atoms with van der Waals surface area (Å²) in [6.07, 6.45) is 1.66. The molecule has 0 aromatic heterocycles. The van der Waals surface area contributed by atoms with Crippen LogP contribution in [0, 0.1) is 5.92 Å². The Morgan fingerprint density at radius 3 is 2.67 bits per heavy atom. The van der Waals surface area contributed by atoms with Gasteiger partial charge in [0.2, 0.25) is 15.9 Å². The normalized spacial score (nSPS) is 21.5. The summed E-state index contributed by atoms with van der Waals surface area (Å²) in [6, 6.07) is 4.77. The number of anilines is 1. The molecule has 2 aliphatic heterocycles. The molecule has 1 saturated heterocycles. The fourth-order valence-corrected chi connectivity index (χ4v) is 4.95. The molecule has 1 fully saturated rings. The first-order chi connectivity index (χ1) is 11.3. The first-order valence-corrected chi connectivity index (χ1v) is 9.38. The lowest BCUT2D eigenvalue weighted by atomic mass is 10.0. The quantitative estimate of drug-likeness (QED) is 0.878. The van der Waals surface area contributed by atoms with E-state index in [-0.39, 0.29) is 17.3 Å². The standard InChI is InChI=1S/C16H20N2O5S/c1-11(19)18-8-6-12-9-14(4-5-15(12)18)24(22,23)17-7-2-3-13(10-17)16(20)21/h4-5,9,13H,2-3,6-8,10H2,1H3,(H,20,21). The number of sulfonamides is 1. The van der Waals surface area contributed by atoms with Crippen LogP contribution in [-0.2, 0) is 26.0 Å². The zero-order chi connectivity index (χ0) is 17.5. The zero-order valence-electron chi connectivity index (χ0n) is 13.4. The van der Waals surface area contributed by atoms with Crippen LogP contribution in [0.5, 0.6) is 0 Å². The number of amides is 1. The highest BCUT2D eigenvalue weighted by Crippen LogP contribution is 2.32. The summed E-state index contributed by atoms with van der Waals surface area (Å²) in [5, 5.41) is 9.14. The fraction of sp³-hybridized carbons (Fsp3) is 0.500. The molecule has 1 unspecified atom stereocenters. The molecule has 1 aromatic rings. The summed E-state index contributed by atoms with van der Waals surface area (Å²) in [5.74, 6) is -1.68. The summed E-state index contributed by atoms with van der Waals surface area (Å²) in [5.41, 5.74) is 1.58. The van der Waals surface area contributed by atoms with Gasteiger partial charge in [0.15, 0.2) is 0 Å². The van der Waals surface area contributed by atoms with E-state index in [1.807, 2.05) is 0 Å². The minimum Gasteiger partial charge on any atom is -0.481 e. The lowest BCUT2D eigenvalue weighted by Crippen LogP contribution is -2.42. The number of carbonyl (C=O) groups is 2. The van der Waals surface area contributed by atoms with Gasteiger partial charge >= 0.3 is 5.97 Å². The molecule has 0 bridgehead atoms. The van der Waals surface area contributed by atoms with E-state index in [9.17, 15) is 18.0 Å². The summed E-state index contributed by atoms with van der Waals surface area (Å²) < 4.78 is 26.9. The van der Waals surface area contributed by atoms with Crippen LogP contribution in [0.15, 0.2) is 23.1 Å². The number of benzene rings is 1. The Kier molecular flexibility index (Phi) is 4.35. The number of carboxylic acid groups (broad SMARTS) is 1. The van der Waals surface area contributed by atoms with E-state index in [4.69, 9.17) is 5.11 Å². The van der Waals surface area contributed by atoms with Crippen LogP contribution in [-0.4, -0.2) is 49.3 Å². The van der Waals surface area contributed by atoms with Gasteiger partial charge in [0.25, 0.3) is 0 Å². The molecule has 130 valence electrons. The van der Waals surface area contributed by atoms with Crippen molar-refractivity contribution in [2.45, 2.75) is 31.1 Å². The molecule has 24 heavy (non-hydrogen) atoms. The topological polar surface area (TPSA) is 95.0 Å². The van der Waals surface area contributed by atoms with Crippen molar-refractivity contribution in [1.82, 2.24) is 4.31 Å². The van der Waals surface area contributed by atoms with Crippen molar-refractivity contribution >= 4 is 27.6 Å². The number of hydrogen-bond acceptors (Lipinski definition) is 4. The molecule has 0 saturated carbocycles. The van der Waals surface area contributed by atoms with Crippen LogP contribution in [0.25, 0.3) is 0 Å². The molecule has 0 radical (unpaired) electrons. The van der Waals surface area contributed by atoms with E-state index in [2.05, 4.69) is 0 Å². The maximum atomic E-state index is 12.8. The van der Waals surface area contributed by atoms with Gasteiger partial charge in [0, 0.05) is 32.2 Å². The number of carbonyl (C=O) groups excluding carboxylic acids is 1. The van der Waals surface area contributed by atoms with Gasteiger partial charge in [-0.1, -0.05) is 0 Å². The van der Waals surface area contributed by atoms with Gasteiger partial charge in [0.1, 0.15) is 0 Å². The van der Waals surface area contributed by atoms with Gasteiger partial charge in [-0.25, -0.2) is 8.42 Å². The van der Waals surface area contributed by atoms with E-state index in [0.717, 1.165) is 11.3 Å². The number of hydrogen-bond donors (Lipinski definition) is 1. The number of aliphatic carboxylic acids is 1. The van der Waals surface area contributed by atoms with Crippen molar-refractivity contribution in [1.29, 1.82) is 0 Å². The van der Waals surface area contributed by atoms with Gasteiger partial charge in [-0.2, -0.15) is 4.31 Å². The van der Waals surface area contributed by atoms with Gasteiger partial charge in [-0.05, 0) is 43.0 Å². The highest BCUT2D eigenvalue weighted by Gasteiger charge is 2.34. The SMILES string of the molecule is CC(=O)N1CCc2cc(S(=O)(=O)N3CCCC(C(=O)O)C3)ccc21. The number of fused-ring (bicyclic) bond motifs is 1. The zero-order valence-corrected chi connectivity index (χ0v) is 14.3. The van der Waals surface area contributed by atoms with Crippen molar-refractivity contribution in [3.05, 3.63) is 23.8 Å². The third-order valence-corrected chi connectivity index (χ3v) is 6.56. The predicted octanol–water partition coefficient (Wildman–Crippen LogP) is 1.08. The maximum Gasteiger partial charge on any atom is 0.307 e. The minimum atomic E-state index is -3.72. The molecule has 0 aliphatic carbocycles. The molecule has 1 aromatic carbocycles. The molecule has 3 rings (SSSR count). The molecular formula is C16H20N2O5S. The number of piperidine rings is 1. The molecule has 2 aliphatic rings. The van der Waals surface area contributed by atoms with Crippen LogP contribution < -0.4 is 4.90 Å². The van der Waals surface area contributed by atoms with Crippen LogP contribution >= 0.6 is 0 Å². The molecule has 1 amide bonds. The summed E-state index contributed by atoms with van der Waals surface area (Å²) >= 11 is 0. The first-order valence-electron chi connectivity index (χ1n) is 7.94. The van der Waals surface area contributed by atoms with E-state index in [1.165, 1.54) is 17.3 Å². The van der Waals surface area contributed by atoms with Gasteiger partial charge < -0.3 is 10.0 Å². The van der Waals surface area contributed by atoms with Crippen LogP contribution in [0.4, 0.5) is 5.69 Å². The minimum absolute atomic E-state index is 0.00826. The third-order valence-electron chi connectivity index (χ3n) is 4.70. The van der Waals surface area contributed by atoms with Crippen LogP contribution in [0.3, 0.4) is 0 Å². The van der Waals surface area contributed by atoms with E-state index < -0.39 is 21.9 Å². The van der Waals surface area contributed by atoms with Crippen LogP contribution in [0.2, 0.25) is 0 Å². The summed E-state index contributed by atoms with van der Waals surface area (Å²) in [6.45, 7) is 2.38. The van der Waals surface area contributed by atoms with E-state index in [0.29, 0.717) is 32.4 Å². The Hall–Kier alpha value is -1.93. The van der Waals surface area contributed by atoms with Crippen molar-refractivity contribution < 1.29 is 23.1 Å². The largest absolute Gasteiger partial charge is 0.481 e. The smallest absolute Gasteiger partial charge is 0.307 e. The first kappa shape index (κ1) is 16.9. The molecular weight excluding hydrogens is 332 g/mol. The van der Waals surface area contributed by atoms with Crippen LogP contribution in [0.1, 0.15) is 25.3 Å². The molecule has 7 nitrogen and oxygen atoms in total. The summed E-state index contributed by atoms with van der Waals surface area (Å²) in [7, 11) is -3.72. The third kappa shape index (κ3) is 2.91. The Morgan fingerprint density at radius 2 is 2.00 bits per heavy atom. The van der Waals surface area contributed by atoms with Crippen molar-refractivity contribution in [2.24, 2.45) is 5.92 Å². The Labute approximate surface area is 140 Å². The second-order valence-corrected chi connectivity index (χ2v) is 8.19. The lowest BCUT2D eigenvalue weighted by Gasteiger charge is -2.30. The fourth-order valence-electron chi connectivity index (χ4n) is 3.38. The molecule has 1 N–H and O–H groups in total. The Bertz CT molecular complexity index is 790. The molecule has 1 atom stereocenters. The number of carboxylic acids is 1. The van der Waals surface area contributed by atoms with Gasteiger partial charge in [0.05, 0.1) is 10.8 Å². The Morgan fingerprint density at radius 1 is 1.25 bits per heavy atom. The van der Waals surface area contributed by atoms with Gasteiger partial charge in [-0.3, -0.25) is 9.59 Å². The predicted molar refractivity (Wildman–Crippen MR) is 87.3 cm³/mol. The highest BCUT2D eigenvalue weighted by atomic mass is 32.2. The lowest BCUT2D eigenvalue weighted by molar-refractivity contribution is -0.142. The molecule has 8 heteroatoms. The molecule has 2 heterocycles.